The fourth-order valence-corrected chi connectivity index (χ4v) is 4.95. The maximum atomic E-state index is 13.9. The van der Waals surface area contributed by atoms with Crippen LogP contribution in [0.15, 0.2) is 0 Å². The van der Waals surface area contributed by atoms with Crippen molar-refractivity contribution in [2.75, 3.05) is 0 Å². The number of alkyl halides is 6. The summed E-state index contributed by atoms with van der Waals surface area (Å²) in [5.74, 6) is -4.03. The number of hydrogen-bond donors (Lipinski definition) is 2. The second-order valence-corrected chi connectivity index (χ2v) is 16.9. The first-order valence-corrected chi connectivity index (χ1v) is 16.7. The molecule has 0 amide bonds. The summed E-state index contributed by atoms with van der Waals surface area (Å²) in [7, 11) is 0. The lowest BCUT2D eigenvalue weighted by atomic mass is 9.72. The molecule has 6 unspecified atom stereocenters. The second-order valence-electron chi connectivity index (χ2n) is 16.9. The topological polar surface area (TPSA) is 119 Å². The van der Waals surface area contributed by atoms with Crippen LogP contribution in [0.2, 0.25) is 0 Å². The van der Waals surface area contributed by atoms with Crippen molar-refractivity contribution in [1.82, 2.24) is 0 Å². The standard InChI is InChI=1S/C35H60F6O8/c1-15-31(12,27(44)47-22(4)17-32(13,45)34(36,37)38)19-23(25(42)49-30(10,11)28(5,6)7)18-29(8,9)26(43)48-24(16-21(2)3)20-33(14,46)35(39,40)41/h21-24,45-46H,15-20H2,1-14H3. The maximum absolute atomic E-state index is 13.9. The molecule has 0 aliphatic heterocycles. The molecular formula is C35H60F6O8. The smallest absolute Gasteiger partial charge is 0.417 e. The lowest BCUT2D eigenvalue weighted by molar-refractivity contribution is -0.262. The normalized spacial score (nSPS) is 19.2. The largest absolute Gasteiger partial charge is 0.462 e. The average Bonchev–Trinajstić information content (AvgIpc) is 2.84. The number of ether oxygens (including phenoxy) is 3. The van der Waals surface area contributed by atoms with E-state index in [1.54, 1.807) is 34.6 Å². The molecular weight excluding hydrogens is 662 g/mol. The fourth-order valence-electron chi connectivity index (χ4n) is 4.95. The molecule has 2 N–H and O–H groups in total. The van der Waals surface area contributed by atoms with Crippen LogP contribution in [0.4, 0.5) is 26.3 Å². The van der Waals surface area contributed by atoms with Crippen LogP contribution in [0.1, 0.15) is 135 Å². The second kappa shape index (κ2) is 16.1. The number of esters is 3. The number of rotatable bonds is 17. The highest BCUT2D eigenvalue weighted by Crippen LogP contribution is 2.42. The maximum Gasteiger partial charge on any atom is 0.417 e. The predicted octanol–water partition coefficient (Wildman–Crippen LogP) is 8.49. The predicted molar refractivity (Wildman–Crippen MR) is 172 cm³/mol. The van der Waals surface area contributed by atoms with Crippen molar-refractivity contribution >= 4 is 17.9 Å². The molecule has 8 nitrogen and oxygen atoms in total. The van der Waals surface area contributed by atoms with Crippen molar-refractivity contribution < 1.29 is 65.1 Å². The van der Waals surface area contributed by atoms with Gasteiger partial charge >= 0.3 is 30.3 Å². The van der Waals surface area contributed by atoms with E-state index in [2.05, 4.69) is 0 Å². The van der Waals surface area contributed by atoms with E-state index in [0.717, 1.165) is 0 Å². The first-order valence-electron chi connectivity index (χ1n) is 16.7. The zero-order valence-corrected chi connectivity index (χ0v) is 31.7. The summed E-state index contributed by atoms with van der Waals surface area (Å²) < 4.78 is 97.2. The minimum absolute atomic E-state index is 0.0123. The van der Waals surface area contributed by atoms with Gasteiger partial charge in [-0.1, -0.05) is 41.5 Å². The van der Waals surface area contributed by atoms with Crippen LogP contribution in [0, 0.1) is 28.1 Å². The Hall–Kier alpha value is -2.09. The van der Waals surface area contributed by atoms with Crippen LogP contribution >= 0.6 is 0 Å². The van der Waals surface area contributed by atoms with Gasteiger partial charge in [0.15, 0.2) is 11.2 Å². The van der Waals surface area contributed by atoms with Gasteiger partial charge in [0.25, 0.3) is 0 Å². The molecule has 0 saturated heterocycles. The molecule has 6 atom stereocenters. The molecule has 0 spiro atoms. The molecule has 0 heterocycles. The van der Waals surface area contributed by atoms with Gasteiger partial charge in [0.2, 0.25) is 0 Å². The van der Waals surface area contributed by atoms with E-state index in [0.29, 0.717) is 13.8 Å². The molecule has 0 saturated carbocycles. The van der Waals surface area contributed by atoms with Gasteiger partial charge in [0.1, 0.15) is 17.8 Å². The molecule has 290 valence electrons. The highest BCUT2D eigenvalue weighted by atomic mass is 19.4. The lowest BCUT2D eigenvalue weighted by Crippen LogP contribution is -2.47. The van der Waals surface area contributed by atoms with Gasteiger partial charge in [-0.25, -0.2) is 0 Å². The first-order chi connectivity index (χ1) is 21.4. The minimum Gasteiger partial charge on any atom is -0.462 e. The Kier molecular flexibility index (Phi) is 15.4. The molecule has 0 aliphatic carbocycles. The molecule has 0 aromatic heterocycles. The van der Waals surface area contributed by atoms with Gasteiger partial charge in [-0.15, -0.1) is 0 Å². The van der Waals surface area contributed by atoms with E-state index in [9.17, 15) is 50.9 Å². The number of carbonyl (C=O) groups excluding carboxylic acids is 3. The number of halogens is 6. The number of carbonyl (C=O) groups is 3. The number of hydrogen-bond acceptors (Lipinski definition) is 8. The third kappa shape index (κ3) is 13.5. The zero-order valence-electron chi connectivity index (χ0n) is 31.7. The van der Waals surface area contributed by atoms with Crippen molar-refractivity contribution in [3.63, 3.8) is 0 Å². The van der Waals surface area contributed by atoms with Crippen LogP contribution in [0.25, 0.3) is 0 Å². The Labute approximate surface area is 288 Å². The first kappa shape index (κ1) is 46.9. The van der Waals surface area contributed by atoms with Crippen molar-refractivity contribution in [3.05, 3.63) is 0 Å². The molecule has 0 bridgehead atoms. The third-order valence-corrected chi connectivity index (χ3v) is 9.62. The van der Waals surface area contributed by atoms with E-state index in [-0.39, 0.29) is 31.6 Å². The van der Waals surface area contributed by atoms with E-state index >= 15 is 0 Å². The SMILES string of the molecule is CCC(C)(CC(CC(C)(C)C(=O)OC(CC(C)C)CC(C)(O)C(F)(F)F)C(=O)OC(C)(C)C(C)(C)C)C(=O)OC(C)CC(C)(O)C(F)(F)F. The van der Waals surface area contributed by atoms with Crippen LogP contribution in [-0.2, 0) is 28.6 Å². The third-order valence-electron chi connectivity index (χ3n) is 9.62. The molecule has 14 heteroatoms. The van der Waals surface area contributed by atoms with Gasteiger partial charge in [-0.2, -0.15) is 26.3 Å². The summed E-state index contributed by atoms with van der Waals surface area (Å²) in [6.45, 7) is 20.6. The van der Waals surface area contributed by atoms with Gasteiger partial charge in [0.05, 0.1) is 16.7 Å². The molecule has 0 aromatic rings. The van der Waals surface area contributed by atoms with Gasteiger partial charge in [-0.05, 0) is 87.0 Å². The van der Waals surface area contributed by atoms with Gasteiger partial charge in [-0.3, -0.25) is 14.4 Å². The molecule has 0 rings (SSSR count). The van der Waals surface area contributed by atoms with Crippen LogP contribution in [-0.4, -0.2) is 69.5 Å². The highest BCUT2D eigenvalue weighted by Gasteiger charge is 2.53. The van der Waals surface area contributed by atoms with Crippen molar-refractivity contribution in [1.29, 1.82) is 0 Å². The minimum atomic E-state index is -4.99. The van der Waals surface area contributed by atoms with Crippen molar-refractivity contribution in [2.24, 2.45) is 28.1 Å². The Bertz CT molecular complexity index is 1120. The molecule has 49 heavy (non-hydrogen) atoms. The van der Waals surface area contributed by atoms with E-state index < -0.39 is 94.3 Å². The summed E-state index contributed by atoms with van der Waals surface area (Å²) >= 11 is 0. The lowest BCUT2D eigenvalue weighted by Gasteiger charge is -2.40. The Balaban J connectivity index is 6.55. The van der Waals surface area contributed by atoms with Crippen LogP contribution in [0.5, 0.6) is 0 Å². The Morgan fingerprint density at radius 1 is 0.653 bits per heavy atom. The summed E-state index contributed by atoms with van der Waals surface area (Å²) in [6, 6.07) is 0. The highest BCUT2D eigenvalue weighted by molar-refractivity contribution is 5.81. The Morgan fingerprint density at radius 3 is 1.49 bits per heavy atom. The average molecular weight is 723 g/mol. The quantitative estimate of drug-likeness (QED) is 0.0872. The summed E-state index contributed by atoms with van der Waals surface area (Å²) in [6.07, 6.45) is -15.0. The molecule has 0 radical (unpaired) electrons. The number of aliphatic hydroxyl groups is 2. The Morgan fingerprint density at radius 2 is 1.10 bits per heavy atom. The molecule has 0 fully saturated rings. The van der Waals surface area contributed by atoms with Crippen LogP contribution in [0.3, 0.4) is 0 Å². The molecule has 0 aliphatic rings. The van der Waals surface area contributed by atoms with Gasteiger partial charge in [0, 0.05) is 18.3 Å². The monoisotopic (exact) mass is 722 g/mol. The van der Waals surface area contributed by atoms with E-state index in [1.807, 2.05) is 20.8 Å². The van der Waals surface area contributed by atoms with E-state index in [1.165, 1.54) is 27.7 Å². The van der Waals surface area contributed by atoms with Crippen LogP contribution < -0.4 is 0 Å². The van der Waals surface area contributed by atoms with E-state index in [4.69, 9.17) is 14.2 Å². The summed E-state index contributed by atoms with van der Waals surface area (Å²) in [4.78, 5) is 40.9. The van der Waals surface area contributed by atoms with Gasteiger partial charge < -0.3 is 24.4 Å². The fraction of sp³-hybridized carbons (Fsp3) is 0.914. The summed E-state index contributed by atoms with van der Waals surface area (Å²) in [5.41, 5.74) is -10.9. The van der Waals surface area contributed by atoms with Crippen molar-refractivity contribution in [3.8, 4) is 0 Å². The summed E-state index contributed by atoms with van der Waals surface area (Å²) in [5, 5.41) is 20.0. The van der Waals surface area contributed by atoms with Crippen molar-refractivity contribution in [2.45, 2.75) is 177 Å². The zero-order chi connectivity index (χ0) is 39.4. The molecule has 0 aromatic carbocycles.